The van der Waals surface area contributed by atoms with Gasteiger partial charge in [-0.05, 0) is 13.8 Å². The Morgan fingerprint density at radius 1 is 1.43 bits per heavy atom. The van der Waals surface area contributed by atoms with E-state index in [1.54, 1.807) is 6.92 Å². The van der Waals surface area contributed by atoms with Gasteiger partial charge in [-0.2, -0.15) is 8.42 Å². The molecule has 0 aromatic carbocycles. The van der Waals surface area contributed by atoms with Gasteiger partial charge < -0.3 is 4.74 Å². The van der Waals surface area contributed by atoms with Gasteiger partial charge in [0.1, 0.15) is 13.3 Å². The quantitative estimate of drug-likeness (QED) is 0.693. The molecule has 0 aliphatic carbocycles. The maximum Gasteiger partial charge on any atom is 0.278 e. The fraction of sp³-hybridized carbons (Fsp3) is 1.00. The van der Waals surface area contributed by atoms with Gasteiger partial charge in [-0.3, -0.25) is 4.55 Å². The third-order valence-corrected chi connectivity index (χ3v) is 3.70. The Kier molecular flexibility index (Phi) is 4.90. The van der Waals surface area contributed by atoms with Crippen LogP contribution in [0.1, 0.15) is 13.8 Å². The minimum atomic E-state index is -4.82. The Labute approximate surface area is 82.0 Å². The molecule has 86 valence electrons. The van der Waals surface area contributed by atoms with E-state index in [0.717, 1.165) is 0 Å². The van der Waals surface area contributed by atoms with E-state index in [-0.39, 0.29) is 6.61 Å². The Hall–Kier alpha value is -0.270. The van der Waals surface area contributed by atoms with Crippen molar-refractivity contribution in [2.45, 2.75) is 24.7 Å². The Morgan fingerprint density at radius 2 is 1.86 bits per heavy atom. The molecule has 0 fully saturated rings. The molecule has 0 spiro atoms. The molecule has 1 N–H and O–H groups in total. The van der Waals surface area contributed by atoms with Crippen LogP contribution in [-0.2, 0) is 14.9 Å². The van der Waals surface area contributed by atoms with Gasteiger partial charge in [0, 0.05) is 6.61 Å². The zero-order valence-corrected chi connectivity index (χ0v) is 8.85. The lowest BCUT2D eigenvalue weighted by Gasteiger charge is -2.30. The molecule has 14 heavy (non-hydrogen) atoms. The number of alkyl halides is 2. The second-order valence-electron chi connectivity index (χ2n) is 2.90. The molecule has 0 rings (SSSR count). The van der Waals surface area contributed by atoms with Crippen LogP contribution in [0.5, 0.6) is 0 Å². The van der Waals surface area contributed by atoms with Gasteiger partial charge >= 0.3 is 0 Å². The third-order valence-electron chi connectivity index (χ3n) is 2.12. The molecule has 0 aromatic rings. The molecule has 0 heterocycles. The first-order chi connectivity index (χ1) is 6.35. The smallest absolute Gasteiger partial charge is 0.278 e. The van der Waals surface area contributed by atoms with Gasteiger partial charge in [0.2, 0.25) is 0 Å². The van der Waals surface area contributed by atoms with Crippen molar-refractivity contribution in [1.82, 2.24) is 0 Å². The molecule has 0 aliphatic rings. The van der Waals surface area contributed by atoms with Gasteiger partial charge in [-0.15, -0.1) is 0 Å². The van der Waals surface area contributed by atoms with Crippen LogP contribution < -0.4 is 0 Å². The monoisotopic (exact) mass is 232 g/mol. The van der Waals surface area contributed by atoms with Crippen LogP contribution in [0.3, 0.4) is 0 Å². The molecule has 0 radical (unpaired) electrons. The lowest BCUT2D eigenvalue weighted by atomic mass is 10.1. The summed E-state index contributed by atoms with van der Waals surface area (Å²) >= 11 is 0. The molecular formula is C7H14F2O4S. The largest absolute Gasteiger partial charge is 0.377 e. The van der Waals surface area contributed by atoms with Crippen molar-refractivity contribution in [3.05, 3.63) is 0 Å². The van der Waals surface area contributed by atoms with Crippen LogP contribution in [0.2, 0.25) is 0 Å². The first-order valence-electron chi connectivity index (χ1n) is 4.06. The standard InChI is InChI=1S/C7H14F2O4S/c1-3-13-6(2)7(4-8,5-9)14(10,11)12/h6H,3-5H2,1-2H3,(H,10,11,12). The minimum Gasteiger partial charge on any atom is -0.377 e. The van der Waals surface area contributed by atoms with E-state index in [9.17, 15) is 17.2 Å². The Balaban J connectivity index is 5.08. The van der Waals surface area contributed by atoms with Gasteiger partial charge in [0.05, 0.1) is 6.10 Å². The first-order valence-corrected chi connectivity index (χ1v) is 5.50. The summed E-state index contributed by atoms with van der Waals surface area (Å²) in [5.41, 5.74) is 0. The predicted molar refractivity (Wildman–Crippen MR) is 47.3 cm³/mol. The summed E-state index contributed by atoms with van der Waals surface area (Å²) in [5, 5.41) is 0. The van der Waals surface area contributed by atoms with E-state index in [0.29, 0.717) is 0 Å². The van der Waals surface area contributed by atoms with Crippen molar-refractivity contribution < 1.29 is 26.5 Å². The third kappa shape index (κ3) is 2.40. The van der Waals surface area contributed by atoms with E-state index < -0.39 is 34.3 Å². The zero-order valence-electron chi connectivity index (χ0n) is 8.03. The molecule has 0 bridgehead atoms. The predicted octanol–water partition coefficient (Wildman–Crippen LogP) is 0.977. The average molecular weight is 232 g/mol. The zero-order chi connectivity index (χ0) is 11.4. The van der Waals surface area contributed by atoms with Crippen LogP contribution in [0.25, 0.3) is 0 Å². The van der Waals surface area contributed by atoms with E-state index >= 15 is 0 Å². The molecule has 0 aromatic heterocycles. The molecule has 0 amide bonds. The number of rotatable bonds is 6. The summed E-state index contributed by atoms with van der Waals surface area (Å²) in [6.07, 6.45) is -1.24. The summed E-state index contributed by atoms with van der Waals surface area (Å²) < 4.78 is 57.7. The van der Waals surface area contributed by atoms with Crippen molar-refractivity contribution in [1.29, 1.82) is 0 Å². The maximum absolute atomic E-state index is 12.5. The van der Waals surface area contributed by atoms with E-state index in [4.69, 9.17) is 9.29 Å². The van der Waals surface area contributed by atoms with Crippen molar-refractivity contribution in [2.24, 2.45) is 0 Å². The number of halogens is 2. The summed E-state index contributed by atoms with van der Waals surface area (Å²) in [6.45, 7) is -0.177. The summed E-state index contributed by atoms with van der Waals surface area (Å²) in [5.74, 6) is 0. The maximum atomic E-state index is 12.5. The molecule has 1 atom stereocenters. The molecule has 0 saturated carbocycles. The second kappa shape index (κ2) is 4.99. The number of ether oxygens (including phenoxy) is 1. The minimum absolute atomic E-state index is 0.110. The normalized spacial score (nSPS) is 15.5. The van der Waals surface area contributed by atoms with Gasteiger partial charge in [-0.1, -0.05) is 0 Å². The lowest BCUT2D eigenvalue weighted by Crippen LogP contribution is -2.53. The Morgan fingerprint density at radius 3 is 2.07 bits per heavy atom. The van der Waals surface area contributed by atoms with Gasteiger partial charge in [0.15, 0.2) is 4.75 Å². The van der Waals surface area contributed by atoms with E-state index in [1.165, 1.54) is 6.92 Å². The van der Waals surface area contributed by atoms with Crippen LogP contribution in [-0.4, -0.2) is 43.8 Å². The van der Waals surface area contributed by atoms with Crippen molar-refractivity contribution >= 4 is 10.1 Å². The van der Waals surface area contributed by atoms with Gasteiger partial charge in [-0.25, -0.2) is 8.78 Å². The highest BCUT2D eigenvalue weighted by Gasteiger charge is 2.49. The molecule has 1 unspecified atom stereocenters. The number of hydrogen-bond acceptors (Lipinski definition) is 3. The van der Waals surface area contributed by atoms with Crippen molar-refractivity contribution in [3.63, 3.8) is 0 Å². The molecular weight excluding hydrogens is 218 g/mol. The summed E-state index contributed by atoms with van der Waals surface area (Å²) in [6, 6.07) is 0. The van der Waals surface area contributed by atoms with Crippen LogP contribution in [0, 0.1) is 0 Å². The fourth-order valence-corrected chi connectivity index (χ4v) is 1.77. The van der Waals surface area contributed by atoms with Crippen molar-refractivity contribution in [2.75, 3.05) is 20.0 Å². The van der Waals surface area contributed by atoms with Gasteiger partial charge in [0.25, 0.3) is 10.1 Å². The molecule has 0 aliphatic heterocycles. The highest BCUT2D eigenvalue weighted by molar-refractivity contribution is 7.87. The highest BCUT2D eigenvalue weighted by atomic mass is 32.2. The van der Waals surface area contributed by atoms with Crippen LogP contribution in [0.15, 0.2) is 0 Å². The van der Waals surface area contributed by atoms with Crippen molar-refractivity contribution in [3.8, 4) is 0 Å². The second-order valence-corrected chi connectivity index (χ2v) is 4.67. The first kappa shape index (κ1) is 13.7. The van der Waals surface area contributed by atoms with E-state index in [2.05, 4.69) is 0 Å². The SMILES string of the molecule is CCOC(C)C(CF)(CF)S(=O)(=O)O. The molecule has 7 heteroatoms. The molecule has 0 saturated heterocycles. The highest BCUT2D eigenvalue weighted by Crippen LogP contribution is 2.25. The number of hydrogen-bond donors (Lipinski definition) is 1. The summed E-state index contributed by atoms with van der Waals surface area (Å²) in [4.78, 5) is 0. The topological polar surface area (TPSA) is 63.6 Å². The Bertz CT molecular complexity index is 261. The average Bonchev–Trinajstić information content (AvgIpc) is 2.05. The fourth-order valence-electron chi connectivity index (χ4n) is 1.00. The summed E-state index contributed by atoms with van der Waals surface area (Å²) in [7, 11) is -4.82. The van der Waals surface area contributed by atoms with Crippen LogP contribution in [0.4, 0.5) is 8.78 Å². The lowest BCUT2D eigenvalue weighted by molar-refractivity contribution is 0.0252. The molecule has 4 nitrogen and oxygen atoms in total. The van der Waals surface area contributed by atoms with Crippen LogP contribution >= 0.6 is 0 Å². The van der Waals surface area contributed by atoms with E-state index in [1.807, 2.05) is 0 Å².